The van der Waals surface area contributed by atoms with Crippen LogP contribution >= 0.6 is 41.6 Å². The minimum atomic E-state index is -2.90. The molecule has 6 rings (SSSR count). The first kappa shape index (κ1) is 33.1. The van der Waals surface area contributed by atoms with Crippen molar-refractivity contribution in [2.45, 2.75) is 25.7 Å². The molecule has 0 radical (unpaired) electrons. The standard InChI is InChI=1S/C42H42Br2P2/c43-45(37-23-9-3-10-24-37,38-25-11-4-12-26-38,39-27-13-5-14-28-39)35-21-1-2-22-36-46(44,40-29-15-6-16-30-40,41-31-17-7-18-32-41)42-33-19-8-20-34-42/h3-20,23-34H,1-2,21-22,35-36H2. The number of rotatable bonds is 13. The summed E-state index contributed by atoms with van der Waals surface area (Å²) in [7, 11) is 0. The Kier molecular flexibility index (Phi) is 10.1. The van der Waals surface area contributed by atoms with Crippen molar-refractivity contribution >= 4 is 73.4 Å². The van der Waals surface area contributed by atoms with E-state index < -0.39 is 10.6 Å². The minimum absolute atomic E-state index is 1.08. The zero-order valence-electron chi connectivity index (χ0n) is 26.2. The van der Waals surface area contributed by atoms with Crippen LogP contribution in [0.2, 0.25) is 0 Å². The van der Waals surface area contributed by atoms with E-state index in [0.29, 0.717) is 0 Å². The molecule has 0 aliphatic carbocycles. The second-order valence-electron chi connectivity index (χ2n) is 12.2. The van der Waals surface area contributed by atoms with E-state index in [-0.39, 0.29) is 0 Å². The zero-order valence-corrected chi connectivity index (χ0v) is 31.2. The SMILES string of the molecule is BrP(CCCCCCP(Br)(c1ccccc1)(c1ccccc1)c1ccccc1)(c1ccccc1)(c1ccccc1)c1ccccc1. The van der Waals surface area contributed by atoms with Gasteiger partial charge in [0, 0.05) is 0 Å². The van der Waals surface area contributed by atoms with Gasteiger partial charge in [-0.15, -0.1) is 0 Å². The van der Waals surface area contributed by atoms with Crippen molar-refractivity contribution in [3.05, 3.63) is 182 Å². The van der Waals surface area contributed by atoms with Crippen LogP contribution in [-0.4, -0.2) is 12.3 Å². The van der Waals surface area contributed by atoms with E-state index in [1.54, 1.807) is 0 Å². The van der Waals surface area contributed by atoms with Crippen LogP contribution in [0.4, 0.5) is 0 Å². The molecule has 0 saturated carbocycles. The fourth-order valence-electron chi connectivity index (χ4n) is 7.27. The molecule has 0 bridgehead atoms. The Labute approximate surface area is 291 Å². The van der Waals surface area contributed by atoms with Crippen molar-refractivity contribution in [2.75, 3.05) is 12.3 Å². The topological polar surface area (TPSA) is 0 Å². The molecule has 4 heteroatoms. The molecule has 0 spiro atoms. The first-order valence-corrected chi connectivity index (χ1v) is 25.2. The average molecular weight is 769 g/mol. The van der Waals surface area contributed by atoms with Gasteiger partial charge in [0.05, 0.1) is 0 Å². The third kappa shape index (κ3) is 5.88. The molecule has 6 aromatic carbocycles. The van der Waals surface area contributed by atoms with E-state index in [2.05, 4.69) is 213 Å². The zero-order chi connectivity index (χ0) is 31.8. The van der Waals surface area contributed by atoms with E-state index in [4.69, 9.17) is 0 Å². The molecule has 46 heavy (non-hydrogen) atoms. The van der Waals surface area contributed by atoms with Gasteiger partial charge in [-0.2, -0.15) is 0 Å². The van der Waals surface area contributed by atoms with Crippen LogP contribution in [0, 0.1) is 0 Å². The molecule has 234 valence electrons. The van der Waals surface area contributed by atoms with Crippen molar-refractivity contribution < 1.29 is 0 Å². The van der Waals surface area contributed by atoms with Crippen LogP contribution < -0.4 is 31.8 Å². The fraction of sp³-hybridized carbons (Fsp3) is 0.143. The van der Waals surface area contributed by atoms with E-state index in [1.165, 1.54) is 44.7 Å². The van der Waals surface area contributed by atoms with Gasteiger partial charge in [0.25, 0.3) is 0 Å². The quantitative estimate of drug-likeness (QED) is 0.0811. The normalized spacial score (nSPS) is 13.6. The van der Waals surface area contributed by atoms with Gasteiger partial charge in [-0.3, -0.25) is 0 Å². The van der Waals surface area contributed by atoms with Gasteiger partial charge < -0.3 is 0 Å². The predicted octanol–water partition coefficient (Wildman–Crippen LogP) is 10.2. The molecule has 0 nitrogen and oxygen atoms in total. The number of unbranched alkanes of at least 4 members (excludes halogenated alkanes) is 3. The maximum absolute atomic E-state index is 4.65. The second kappa shape index (κ2) is 14.1. The molecule has 0 N–H and O–H groups in total. The first-order chi connectivity index (χ1) is 22.5. The van der Waals surface area contributed by atoms with E-state index in [0.717, 1.165) is 25.2 Å². The average Bonchev–Trinajstić information content (AvgIpc) is 3.15. The molecule has 0 saturated heterocycles. The van der Waals surface area contributed by atoms with Gasteiger partial charge in [0.2, 0.25) is 0 Å². The monoisotopic (exact) mass is 766 g/mol. The van der Waals surface area contributed by atoms with Gasteiger partial charge in [-0.25, -0.2) is 0 Å². The molecule has 0 atom stereocenters. The van der Waals surface area contributed by atoms with Gasteiger partial charge in [-0.1, -0.05) is 0 Å². The molecule has 0 aliphatic heterocycles. The van der Waals surface area contributed by atoms with Crippen LogP contribution in [-0.2, 0) is 0 Å². The Morgan fingerprint density at radius 3 is 0.609 bits per heavy atom. The van der Waals surface area contributed by atoms with Gasteiger partial charge in [0.15, 0.2) is 0 Å². The summed E-state index contributed by atoms with van der Waals surface area (Å²) in [6, 6.07) is 67.1. The van der Waals surface area contributed by atoms with E-state index in [1.807, 2.05) is 0 Å². The van der Waals surface area contributed by atoms with Crippen molar-refractivity contribution in [2.24, 2.45) is 0 Å². The summed E-state index contributed by atoms with van der Waals surface area (Å²) in [5.41, 5.74) is 0. The molecular weight excluding hydrogens is 726 g/mol. The van der Waals surface area contributed by atoms with Crippen molar-refractivity contribution in [1.29, 1.82) is 0 Å². The summed E-state index contributed by atoms with van der Waals surface area (Å²) in [6.07, 6.45) is 6.79. The number of hydrogen-bond donors (Lipinski definition) is 0. The first-order valence-electron chi connectivity index (χ1n) is 16.3. The molecule has 0 heterocycles. The summed E-state index contributed by atoms with van der Waals surface area (Å²) < 4.78 is 0. The van der Waals surface area contributed by atoms with Crippen LogP contribution in [0.5, 0.6) is 0 Å². The van der Waals surface area contributed by atoms with Crippen molar-refractivity contribution in [3.8, 4) is 0 Å². The Hall–Kier alpha value is -2.86. The third-order valence-electron chi connectivity index (χ3n) is 9.67. The molecule has 0 fully saturated rings. The molecule has 0 unspecified atom stereocenters. The predicted molar refractivity (Wildman–Crippen MR) is 216 cm³/mol. The summed E-state index contributed by atoms with van der Waals surface area (Å²) in [5.74, 6) is 0. The van der Waals surface area contributed by atoms with Gasteiger partial charge in [0.1, 0.15) is 0 Å². The molecule has 6 aromatic rings. The van der Waals surface area contributed by atoms with Gasteiger partial charge in [-0.05, 0) is 0 Å². The van der Waals surface area contributed by atoms with Crippen LogP contribution in [0.1, 0.15) is 25.7 Å². The Balaban J connectivity index is 1.31. The van der Waals surface area contributed by atoms with E-state index in [9.17, 15) is 0 Å². The third-order valence-corrected chi connectivity index (χ3v) is 29.7. The van der Waals surface area contributed by atoms with Crippen LogP contribution in [0.15, 0.2) is 182 Å². The Morgan fingerprint density at radius 2 is 0.435 bits per heavy atom. The van der Waals surface area contributed by atoms with Crippen LogP contribution in [0.25, 0.3) is 0 Å². The van der Waals surface area contributed by atoms with Crippen LogP contribution in [0.3, 0.4) is 0 Å². The second-order valence-corrected chi connectivity index (χ2v) is 30.4. The summed E-state index contributed by atoms with van der Waals surface area (Å²) in [6.45, 7) is 0. The number of hydrogen-bond acceptors (Lipinski definition) is 0. The summed E-state index contributed by atoms with van der Waals surface area (Å²) in [5, 5.41) is 2.58. The molecule has 0 aromatic heterocycles. The summed E-state index contributed by atoms with van der Waals surface area (Å²) >= 11 is 9.30. The van der Waals surface area contributed by atoms with Crippen molar-refractivity contribution in [1.82, 2.24) is 0 Å². The number of benzene rings is 6. The fourth-order valence-corrected chi connectivity index (χ4v) is 22.8. The molecular formula is C42H42Br2P2. The van der Waals surface area contributed by atoms with Crippen molar-refractivity contribution in [3.63, 3.8) is 0 Å². The van der Waals surface area contributed by atoms with Gasteiger partial charge >= 0.3 is 293 Å². The maximum atomic E-state index is 4.65. The number of halogens is 2. The van der Waals surface area contributed by atoms with E-state index >= 15 is 0 Å². The molecule has 0 aliphatic rings. The Bertz CT molecular complexity index is 1480. The Morgan fingerprint density at radius 1 is 0.261 bits per heavy atom. The summed E-state index contributed by atoms with van der Waals surface area (Å²) in [4.78, 5) is 0. The molecule has 0 amide bonds.